The molecule has 0 heterocycles. The molecule has 0 saturated heterocycles. The average molecular weight is 152 g/mol. The maximum absolute atomic E-state index is 2.51. The van der Waals surface area contributed by atoms with E-state index in [4.69, 9.17) is 0 Å². The van der Waals surface area contributed by atoms with Crippen molar-refractivity contribution in [2.24, 2.45) is 29.1 Å². The first-order valence-electron chi connectivity index (χ1n) is 5.05. The fraction of sp³-hybridized carbons (Fsp3) is 1.00. The molecule has 0 radical (unpaired) electrons. The lowest BCUT2D eigenvalue weighted by molar-refractivity contribution is 0.178. The molecule has 0 amide bonds. The number of rotatable bonds is 1. The van der Waals surface area contributed by atoms with E-state index in [-0.39, 0.29) is 0 Å². The Balaban J connectivity index is 2.16. The van der Waals surface area contributed by atoms with Crippen LogP contribution in [0.1, 0.15) is 40.5 Å². The van der Waals surface area contributed by atoms with Crippen molar-refractivity contribution >= 4 is 0 Å². The molecule has 2 saturated carbocycles. The molecule has 2 rings (SSSR count). The second-order valence-corrected chi connectivity index (χ2v) is 5.35. The van der Waals surface area contributed by atoms with E-state index in [0.717, 1.165) is 23.7 Å². The summed E-state index contributed by atoms with van der Waals surface area (Å²) in [4.78, 5) is 0. The van der Waals surface area contributed by atoms with E-state index in [1.807, 2.05) is 0 Å². The molecule has 2 fully saturated rings. The second kappa shape index (κ2) is 2.02. The normalized spacial score (nSPS) is 54.8. The molecule has 0 bridgehead atoms. The summed E-state index contributed by atoms with van der Waals surface area (Å²) >= 11 is 0. The van der Waals surface area contributed by atoms with Crippen LogP contribution >= 0.6 is 0 Å². The van der Waals surface area contributed by atoms with E-state index in [2.05, 4.69) is 27.7 Å². The molecule has 4 unspecified atom stereocenters. The maximum atomic E-state index is 2.51. The van der Waals surface area contributed by atoms with E-state index < -0.39 is 0 Å². The van der Waals surface area contributed by atoms with Gasteiger partial charge in [0.15, 0.2) is 0 Å². The number of hydrogen-bond donors (Lipinski definition) is 0. The summed E-state index contributed by atoms with van der Waals surface area (Å²) in [5.74, 6) is 4.12. The van der Waals surface area contributed by atoms with Crippen LogP contribution in [0.3, 0.4) is 0 Å². The first-order chi connectivity index (χ1) is 5.05. The van der Waals surface area contributed by atoms with Crippen molar-refractivity contribution in [2.75, 3.05) is 0 Å². The predicted octanol–water partition coefficient (Wildman–Crippen LogP) is 3.32. The molecule has 0 aromatic heterocycles. The van der Waals surface area contributed by atoms with Crippen LogP contribution in [-0.4, -0.2) is 0 Å². The van der Waals surface area contributed by atoms with Gasteiger partial charge in [-0.3, -0.25) is 0 Å². The van der Waals surface area contributed by atoms with Crippen molar-refractivity contribution in [3.8, 4) is 0 Å². The zero-order chi connectivity index (χ0) is 8.22. The van der Waals surface area contributed by atoms with Gasteiger partial charge in [0.05, 0.1) is 0 Å². The first kappa shape index (κ1) is 7.64. The Morgan fingerprint density at radius 3 is 2.18 bits per heavy atom. The highest BCUT2D eigenvalue weighted by molar-refractivity contribution is 5.08. The van der Waals surface area contributed by atoms with Gasteiger partial charge < -0.3 is 0 Å². The number of hydrogen-bond acceptors (Lipinski definition) is 0. The molecule has 11 heavy (non-hydrogen) atoms. The third-order valence-corrected chi connectivity index (χ3v) is 4.50. The van der Waals surface area contributed by atoms with Crippen LogP contribution in [0.15, 0.2) is 0 Å². The van der Waals surface area contributed by atoms with E-state index in [1.165, 1.54) is 12.8 Å². The predicted molar refractivity (Wildman–Crippen MR) is 48.3 cm³/mol. The van der Waals surface area contributed by atoms with Crippen molar-refractivity contribution in [3.05, 3.63) is 0 Å². The van der Waals surface area contributed by atoms with E-state index in [9.17, 15) is 0 Å². The van der Waals surface area contributed by atoms with Gasteiger partial charge in [0.25, 0.3) is 0 Å². The monoisotopic (exact) mass is 152 g/mol. The molecule has 2 aliphatic carbocycles. The first-order valence-corrected chi connectivity index (χ1v) is 5.05. The van der Waals surface area contributed by atoms with Crippen molar-refractivity contribution < 1.29 is 0 Å². The van der Waals surface area contributed by atoms with Gasteiger partial charge in [-0.1, -0.05) is 27.7 Å². The van der Waals surface area contributed by atoms with Crippen LogP contribution in [0.25, 0.3) is 0 Å². The van der Waals surface area contributed by atoms with Gasteiger partial charge in [-0.05, 0) is 41.9 Å². The minimum atomic E-state index is 0.698. The quantitative estimate of drug-likeness (QED) is 0.540. The Labute approximate surface area is 70.4 Å². The summed E-state index contributed by atoms with van der Waals surface area (Å²) in [7, 11) is 0. The summed E-state index contributed by atoms with van der Waals surface area (Å²) in [6.45, 7) is 9.74. The molecule has 0 aromatic carbocycles. The summed E-state index contributed by atoms with van der Waals surface area (Å²) in [5.41, 5.74) is 0.698. The SMILES string of the molecule is CC1CC(C)(C(C)C)C2CC12. The van der Waals surface area contributed by atoms with Gasteiger partial charge in [0.1, 0.15) is 0 Å². The van der Waals surface area contributed by atoms with Crippen molar-refractivity contribution in [2.45, 2.75) is 40.5 Å². The fourth-order valence-corrected chi connectivity index (χ4v) is 3.26. The number of fused-ring (bicyclic) bond motifs is 1. The molecule has 64 valence electrons. The summed E-state index contributed by atoms with van der Waals surface area (Å²) < 4.78 is 0. The molecule has 0 N–H and O–H groups in total. The molecular formula is C11H20. The van der Waals surface area contributed by atoms with Gasteiger partial charge in [0.2, 0.25) is 0 Å². The third-order valence-electron chi connectivity index (χ3n) is 4.50. The van der Waals surface area contributed by atoms with E-state index in [0.29, 0.717) is 5.41 Å². The van der Waals surface area contributed by atoms with Crippen LogP contribution in [0.5, 0.6) is 0 Å². The van der Waals surface area contributed by atoms with Gasteiger partial charge in [-0.25, -0.2) is 0 Å². The van der Waals surface area contributed by atoms with E-state index in [1.54, 1.807) is 0 Å². The zero-order valence-electron chi connectivity index (χ0n) is 8.22. The van der Waals surface area contributed by atoms with Gasteiger partial charge >= 0.3 is 0 Å². The Kier molecular flexibility index (Phi) is 1.41. The highest BCUT2D eigenvalue weighted by atomic mass is 14.6. The summed E-state index contributed by atoms with van der Waals surface area (Å²) in [5, 5.41) is 0. The molecular weight excluding hydrogens is 132 g/mol. The van der Waals surface area contributed by atoms with Crippen molar-refractivity contribution in [1.29, 1.82) is 0 Å². The second-order valence-electron chi connectivity index (χ2n) is 5.35. The van der Waals surface area contributed by atoms with E-state index >= 15 is 0 Å². The summed E-state index contributed by atoms with van der Waals surface area (Å²) in [6.07, 6.45) is 3.02. The smallest absolute Gasteiger partial charge is 0.0269 e. The average Bonchev–Trinajstić information content (AvgIpc) is 2.59. The Bertz CT molecular complexity index is 171. The fourth-order valence-electron chi connectivity index (χ4n) is 3.26. The van der Waals surface area contributed by atoms with Gasteiger partial charge in [-0.15, -0.1) is 0 Å². The molecule has 0 nitrogen and oxygen atoms in total. The van der Waals surface area contributed by atoms with Crippen LogP contribution in [-0.2, 0) is 0 Å². The molecule has 4 atom stereocenters. The minimum Gasteiger partial charge on any atom is -0.0622 e. The standard InChI is InChI=1S/C11H20/c1-7(2)11(4)6-8(3)9-5-10(9)11/h7-10H,5-6H2,1-4H3. The van der Waals surface area contributed by atoms with Crippen LogP contribution in [0, 0.1) is 29.1 Å². The largest absolute Gasteiger partial charge is 0.0622 e. The lowest BCUT2D eigenvalue weighted by atomic mass is 9.74. The van der Waals surface area contributed by atoms with Crippen LogP contribution in [0.2, 0.25) is 0 Å². The molecule has 0 heteroatoms. The highest BCUT2D eigenvalue weighted by Gasteiger charge is 2.59. The molecule has 0 aliphatic heterocycles. The topological polar surface area (TPSA) is 0 Å². The highest BCUT2D eigenvalue weighted by Crippen LogP contribution is 2.66. The lowest BCUT2D eigenvalue weighted by Crippen LogP contribution is -2.23. The third kappa shape index (κ3) is 0.878. The Hall–Kier alpha value is 0. The van der Waals surface area contributed by atoms with Gasteiger partial charge in [0, 0.05) is 0 Å². The van der Waals surface area contributed by atoms with Gasteiger partial charge in [-0.2, -0.15) is 0 Å². The van der Waals surface area contributed by atoms with Crippen molar-refractivity contribution in [3.63, 3.8) is 0 Å². The van der Waals surface area contributed by atoms with Crippen LogP contribution in [0.4, 0.5) is 0 Å². The minimum absolute atomic E-state index is 0.698. The van der Waals surface area contributed by atoms with Crippen molar-refractivity contribution in [1.82, 2.24) is 0 Å². The van der Waals surface area contributed by atoms with Crippen LogP contribution < -0.4 is 0 Å². The Morgan fingerprint density at radius 2 is 2.00 bits per heavy atom. The Morgan fingerprint density at radius 1 is 1.36 bits per heavy atom. The zero-order valence-corrected chi connectivity index (χ0v) is 8.22. The lowest BCUT2D eigenvalue weighted by Gasteiger charge is -2.31. The molecule has 0 spiro atoms. The summed E-state index contributed by atoms with van der Waals surface area (Å²) in [6, 6.07) is 0. The molecule has 2 aliphatic rings. The maximum Gasteiger partial charge on any atom is -0.0269 e. The molecule has 0 aromatic rings.